The Morgan fingerprint density at radius 1 is 1.04 bits per heavy atom. The maximum absolute atomic E-state index is 5.61. The van der Waals surface area contributed by atoms with Crippen molar-refractivity contribution in [3.8, 4) is 16.9 Å². The number of benzene rings is 2. The van der Waals surface area contributed by atoms with E-state index in [0.717, 1.165) is 54.0 Å². The summed E-state index contributed by atoms with van der Waals surface area (Å²) in [6, 6.07) is 14.4. The monoisotopic (exact) mass is 363 g/mol. The molecule has 6 heteroatoms. The quantitative estimate of drug-likeness (QED) is 0.751. The summed E-state index contributed by atoms with van der Waals surface area (Å²) in [5.41, 5.74) is 6.52. The summed E-state index contributed by atoms with van der Waals surface area (Å²) in [6.07, 6.45) is 1.89. The van der Waals surface area contributed by atoms with Gasteiger partial charge in [-0.05, 0) is 49.4 Å². The van der Waals surface area contributed by atoms with Crippen LogP contribution in [0.1, 0.15) is 6.92 Å². The van der Waals surface area contributed by atoms with Gasteiger partial charge in [-0.15, -0.1) is 0 Å². The highest BCUT2D eigenvalue weighted by molar-refractivity contribution is 5.84. The van der Waals surface area contributed by atoms with Gasteiger partial charge < -0.3 is 9.64 Å². The lowest BCUT2D eigenvalue weighted by Gasteiger charge is -2.32. The Bertz CT molecular complexity index is 921. The molecular formula is C21H25N5O. The maximum atomic E-state index is 5.61. The molecule has 0 aliphatic carbocycles. The largest absolute Gasteiger partial charge is 0.494 e. The van der Waals surface area contributed by atoms with E-state index in [1.165, 1.54) is 0 Å². The molecule has 1 aliphatic heterocycles. The van der Waals surface area contributed by atoms with E-state index >= 15 is 0 Å². The van der Waals surface area contributed by atoms with Gasteiger partial charge in [-0.1, -0.05) is 18.2 Å². The minimum atomic E-state index is 0.651. The molecule has 1 aliphatic rings. The van der Waals surface area contributed by atoms with Gasteiger partial charge in [0.2, 0.25) is 5.95 Å². The Labute approximate surface area is 159 Å². The minimum absolute atomic E-state index is 0.651. The summed E-state index contributed by atoms with van der Waals surface area (Å²) in [6.45, 7) is 6.68. The molecular weight excluding hydrogens is 338 g/mol. The second-order valence-electron chi connectivity index (χ2n) is 6.83. The molecule has 0 radical (unpaired) electrons. The first-order chi connectivity index (χ1) is 13.2. The molecule has 1 fully saturated rings. The smallest absolute Gasteiger partial charge is 0.238 e. The average Bonchev–Trinajstić information content (AvgIpc) is 2.70. The van der Waals surface area contributed by atoms with Crippen molar-refractivity contribution in [3.63, 3.8) is 0 Å². The van der Waals surface area contributed by atoms with Crippen molar-refractivity contribution in [2.45, 2.75) is 6.92 Å². The average molecular weight is 363 g/mol. The Kier molecular flexibility index (Phi) is 5.18. The van der Waals surface area contributed by atoms with E-state index in [1.54, 1.807) is 0 Å². The molecule has 1 N–H and O–H groups in total. The third-order valence-corrected chi connectivity index (χ3v) is 4.82. The number of nitrogens with one attached hydrogen (secondary N) is 1. The number of ether oxygens (including phenoxy) is 1. The molecule has 0 bridgehead atoms. The SMILES string of the molecule is CCOc1cccc(-c2ccc3nc(NN4CCN(C)CC4)ncc3c2)c1. The van der Waals surface area contributed by atoms with Crippen LogP contribution in [-0.2, 0) is 0 Å². The van der Waals surface area contributed by atoms with E-state index in [1.807, 2.05) is 25.3 Å². The fourth-order valence-corrected chi connectivity index (χ4v) is 3.26. The third-order valence-electron chi connectivity index (χ3n) is 4.82. The highest BCUT2D eigenvalue weighted by Crippen LogP contribution is 2.27. The second-order valence-corrected chi connectivity index (χ2v) is 6.83. The third kappa shape index (κ3) is 4.18. The standard InChI is InChI=1S/C21H25N5O/c1-3-27-19-6-4-5-16(14-19)17-7-8-20-18(13-17)15-22-21(23-20)24-26-11-9-25(2)10-12-26/h4-8,13-15H,3,9-12H2,1-2H3,(H,22,23,24). The molecule has 0 unspecified atom stereocenters. The fourth-order valence-electron chi connectivity index (χ4n) is 3.26. The highest BCUT2D eigenvalue weighted by atomic mass is 16.5. The minimum Gasteiger partial charge on any atom is -0.494 e. The van der Waals surface area contributed by atoms with Gasteiger partial charge in [0.05, 0.1) is 12.1 Å². The van der Waals surface area contributed by atoms with Crippen molar-refractivity contribution in [2.75, 3.05) is 45.3 Å². The van der Waals surface area contributed by atoms with Crippen LogP contribution in [0.25, 0.3) is 22.0 Å². The zero-order valence-corrected chi connectivity index (χ0v) is 15.9. The lowest BCUT2D eigenvalue weighted by molar-refractivity contribution is 0.178. The molecule has 2 aromatic carbocycles. The normalized spacial score (nSPS) is 15.8. The number of nitrogens with zero attached hydrogens (tertiary/aromatic N) is 4. The van der Waals surface area contributed by atoms with E-state index in [2.05, 4.69) is 62.7 Å². The molecule has 0 atom stereocenters. The molecule has 2 heterocycles. The van der Waals surface area contributed by atoms with Gasteiger partial charge in [-0.3, -0.25) is 5.43 Å². The van der Waals surface area contributed by atoms with E-state index < -0.39 is 0 Å². The predicted octanol–water partition coefficient (Wildman–Crippen LogP) is 3.27. The van der Waals surface area contributed by atoms with Crippen LogP contribution in [0.5, 0.6) is 5.75 Å². The Morgan fingerprint density at radius 3 is 2.67 bits per heavy atom. The first-order valence-corrected chi connectivity index (χ1v) is 9.41. The van der Waals surface area contributed by atoms with Crippen LogP contribution < -0.4 is 10.2 Å². The van der Waals surface area contributed by atoms with Crippen LogP contribution in [0, 0.1) is 0 Å². The Balaban J connectivity index is 1.54. The van der Waals surface area contributed by atoms with Crippen molar-refractivity contribution in [1.29, 1.82) is 0 Å². The van der Waals surface area contributed by atoms with E-state index in [9.17, 15) is 0 Å². The molecule has 0 spiro atoms. The molecule has 0 saturated carbocycles. The molecule has 4 rings (SSSR count). The number of fused-ring (bicyclic) bond motifs is 1. The van der Waals surface area contributed by atoms with Gasteiger partial charge in [-0.2, -0.15) is 0 Å². The van der Waals surface area contributed by atoms with Crippen LogP contribution in [0.4, 0.5) is 5.95 Å². The van der Waals surface area contributed by atoms with Gasteiger partial charge >= 0.3 is 0 Å². The Morgan fingerprint density at radius 2 is 1.85 bits per heavy atom. The van der Waals surface area contributed by atoms with Gasteiger partial charge in [0.15, 0.2) is 0 Å². The van der Waals surface area contributed by atoms with Crippen molar-refractivity contribution >= 4 is 16.9 Å². The number of likely N-dealkylation sites (N-methyl/N-ethyl adjacent to an activating group) is 1. The van der Waals surface area contributed by atoms with Crippen molar-refractivity contribution in [3.05, 3.63) is 48.7 Å². The molecule has 1 saturated heterocycles. The van der Waals surface area contributed by atoms with E-state index in [4.69, 9.17) is 4.74 Å². The number of piperazine rings is 1. The van der Waals surface area contributed by atoms with Gasteiger partial charge in [0.1, 0.15) is 5.75 Å². The number of hydrogen-bond acceptors (Lipinski definition) is 6. The first-order valence-electron chi connectivity index (χ1n) is 9.41. The number of aromatic nitrogens is 2. The summed E-state index contributed by atoms with van der Waals surface area (Å²) in [5, 5.41) is 3.20. The number of hydrazine groups is 1. The lowest BCUT2D eigenvalue weighted by Crippen LogP contribution is -2.47. The van der Waals surface area contributed by atoms with Crippen LogP contribution in [-0.4, -0.2) is 59.7 Å². The highest BCUT2D eigenvalue weighted by Gasteiger charge is 2.14. The van der Waals surface area contributed by atoms with Crippen LogP contribution in [0.3, 0.4) is 0 Å². The van der Waals surface area contributed by atoms with E-state index in [-0.39, 0.29) is 0 Å². The van der Waals surface area contributed by atoms with Crippen molar-refractivity contribution in [2.24, 2.45) is 0 Å². The second kappa shape index (κ2) is 7.90. The topological polar surface area (TPSA) is 53.5 Å². The molecule has 0 amide bonds. The van der Waals surface area contributed by atoms with Gasteiger partial charge in [0, 0.05) is 37.8 Å². The number of hydrogen-bond donors (Lipinski definition) is 1. The fraction of sp³-hybridized carbons (Fsp3) is 0.333. The predicted molar refractivity (Wildman–Crippen MR) is 109 cm³/mol. The number of anilines is 1. The Hall–Kier alpha value is -2.70. The van der Waals surface area contributed by atoms with Crippen LogP contribution in [0.2, 0.25) is 0 Å². The van der Waals surface area contributed by atoms with Gasteiger partial charge in [0.25, 0.3) is 0 Å². The zero-order valence-electron chi connectivity index (χ0n) is 15.9. The molecule has 140 valence electrons. The summed E-state index contributed by atoms with van der Waals surface area (Å²) in [7, 11) is 2.14. The number of rotatable bonds is 5. The molecule has 27 heavy (non-hydrogen) atoms. The molecule has 6 nitrogen and oxygen atoms in total. The lowest BCUT2D eigenvalue weighted by atomic mass is 10.0. The van der Waals surface area contributed by atoms with Gasteiger partial charge in [-0.25, -0.2) is 15.0 Å². The summed E-state index contributed by atoms with van der Waals surface area (Å²) in [5.74, 6) is 1.54. The summed E-state index contributed by atoms with van der Waals surface area (Å²) < 4.78 is 5.61. The van der Waals surface area contributed by atoms with Crippen molar-refractivity contribution in [1.82, 2.24) is 19.9 Å². The molecule has 1 aromatic heterocycles. The summed E-state index contributed by atoms with van der Waals surface area (Å²) >= 11 is 0. The van der Waals surface area contributed by atoms with Crippen molar-refractivity contribution < 1.29 is 4.74 Å². The van der Waals surface area contributed by atoms with E-state index in [0.29, 0.717) is 12.6 Å². The first kappa shape index (κ1) is 17.7. The molecule has 3 aromatic rings. The maximum Gasteiger partial charge on any atom is 0.238 e. The summed E-state index contributed by atoms with van der Waals surface area (Å²) in [4.78, 5) is 11.5. The van der Waals surface area contributed by atoms with Crippen LogP contribution >= 0.6 is 0 Å². The zero-order chi connectivity index (χ0) is 18.6. The van der Waals surface area contributed by atoms with Crippen LogP contribution in [0.15, 0.2) is 48.7 Å².